The number of aromatic nitrogens is 2. The number of nitrogens with zero attached hydrogens (tertiary/aromatic N) is 2. The van der Waals surface area contributed by atoms with Gasteiger partial charge in [-0.25, -0.2) is 4.98 Å². The number of rotatable bonds is 8. The molecule has 7 nitrogen and oxygen atoms in total. The van der Waals surface area contributed by atoms with Crippen molar-refractivity contribution in [2.24, 2.45) is 0 Å². The Kier molecular flexibility index (Phi) is 6.39. The molecule has 0 aliphatic heterocycles. The van der Waals surface area contributed by atoms with Crippen LogP contribution in [0.15, 0.2) is 55.1 Å². The average molecular weight is 395 g/mol. The largest absolute Gasteiger partial charge is 0.493 e. The molecule has 29 heavy (non-hydrogen) atoms. The average Bonchev–Trinajstić information content (AvgIpc) is 3.27. The lowest BCUT2D eigenvalue weighted by atomic mass is 10.1. The molecule has 7 heteroatoms. The highest BCUT2D eigenvalue weighted by molar-refractivity contribution is 5.79. The summed E-state index contributed by atoms with van der Waals surface area (Å²) in [4.78, 5) is 16.6. The fourth-order valence-corrected chi connectivity index (χ4v) is 3.15. The van der Waals surface area contributed by atoms with E-state index < -0.39 is 0 Å². The van der Waals surface area contributed by atoms with Crippen molar-refractivity contribution < 1.29 is 19.0 Å². The van der Waals surface area contributed by atoms with Gasteiger partial charge in [-0.2, -0.15) is 0 Å². The second kappa shape index (κ2) is 9.14. The number of benzene rings is 2. The van der Waals surface area contributed by atoms with E-state index in [-0.39, 0.29) is 18.4 Å². The molecule has 0 bridgehead atoms. The van der Waals surface area contributed by atoms with Crippen molar-refractivity contribution >= 4 is 5.91 Å². The minimum atomic E-state index is -0.124. The lowest BCUT2D eigenvalue weighted by Crippen LogP contribution is -2.28. The number of imidazole rings is 1. The first-order valence-electron chi connectivity index (χ1n) is 9.22. The van der Waals surface area contributed by atoms with Crippen LogP contribution >= 0.6 is 0 Å². The molecule has 0 unspecified atom stereocenters. The summed E-state index contributed by atoms with van der Waals surface area (Å²) in [7, 11) is 4.65. The molecule has 1 aromatic heterocycles. The summed E-state index contributed by atoms with van der Waals surface area (Å²) in [5, 5.41) is 3.03. The van der Waals surface area contributed by atoms with Crippen LogP contribution < -0.4 is 19.5 Å². The fourth-order valence-electron chi connectivity index (χ4n) is 3.15. The zero-order valence-electron chi connectivity index (χ0n) is 17.0. The number of methoxy groups -OCH3 is 3. The first kappa shape index (κ1) is 20.3. The molecule has 152 valence electrons. The van der Waals surface area contributed by atoms with Crippen LogP contribution in [0.1, 0.15) is 24.1 Å². The van der Waals surface area contributed by atoms with E-state index in [9.17, 15) is 4.79 Å². The summed E-state index contributed by atoms with van der Waals surface area (Å²) in [5.41, 5.74) is 2.81. The lowest BCUT2D eigenvalue weighted by Gasteiger charge is -2.17. The molecule has 3 aromatic rings. The second-order valence-electron chi connectivity index (χ2n) is 6.56. The molecule has 2 aromatic carbocycles. The van der Waals surface area contributed by atoms with Crippen LogP contribution in [0.25, 0.3) is 5.69 Å². The smallest absolute Gasteiger partial charge is 0.224 e. The molecule has 0 saturated heterocycles. The van der Waals surface area contributed by atoms with Gasteiger partial charge < -0.3 is 24.1 Å². The first-order chi connectivity index (χ1) is 14.0. The van der Waals surface area contributed by atoms with Crippen LogP contribution in [0.4, 0.5) is 0 Å². The van der Waals surface area contributed by atoms with Gasteiger partial charge in [-0.15, -0.1) is 0 Å². The van der Waals surface area contributed by atoms with Crippen LogP contribution in [0.2, 0.25) is 0 Å². The van der Waals surface area contributed by atoms with Gasteiger partial charge in [0.15, 0.2) is 11.5 Å². The number of hydrogen-bond acceptors (Lipinski definition) is 5. The van der Waals surface area contributed by atoms with Gasteiger partial charge in [-0.1, -0.05) is 12.1 Å². The summed E-state index contributed by atoms with van der Waals surface area (Å²) in [6.45, 7) is 1.96. The van der Waals surface area contributed by atoms with Crippen molar-refractivity contribution in [2.75, 3.05) is 21.3 Å². The Balaban J connectivity index is 1.67. The molecule has 3 rings (SSSR count). The Morgan fingerprint density at radius 2 is 1.72 bits per heavy atom. The van der Waals surface area contributed by atoms with Crippen LogP contribution in [0.5, 0.6) is 17.2 Å². The third-order valence-electron chi connectivity index (χ3n) is 4.66. The molecule has 1 amide bonds. The van der Waals surface area contributed by atoms with Crippen LogP contribution in [-0.4, -0.2) is 36.8 Å². The highest BCUT2D eigenvalue weighted by atomic mass is 16.5. The Labute approximate surface area is 170 Å². The zero-order chi connectivity index (χ0) is 20.8. The standard InChI is InChI=1S/C22H25N3O4/c1-15(17-5-7-18(8-6-17)25-10-9-23-14-25)24-21(26)13-16-11-19(27-2)22(29-4)20(12-16)28-3/h5-12,14-15H,13H2,1-4H3,(H,24,26)/t15-/m1/s1. The van der Waals surface area contributed by atoms with Gasteiger partial charge in [0.2, 0.25) is 11.7 Å². The number of nitrogens with one attached hydrogen (secondary N) is 1. The Morgan fingerprint density at radius 3 is 2.24 bits per heavy atom. The van der Waals surface area contributed by atoms with Crippen LogP contribution in [0, 0.1) is 0 Å². The molecular weight excluding hydrogens is 370 g/mol. The van der Waals surface area contributed by atoms with E-state index in [2.05, 4.69) is 10.3 Å². The van der Waals surface area contributed by atoms with E-state index in [1.165, 1.54) is 0 Å². The quantitative estimate of drug-likeness (QED) is 0.633. The Bertz CT molecular complexity index is 928. The van der Waals surface area contributed by atoms with Crippen molar-refractivity contribution in [3.63, 3.8) is 0 Å². The van der Waals surface area contributed by atoms with Gasteiger partial charge in [0.25, 0.3) is 0 Å². The summed E-state index contributed by atoms with van der Waals surface area (Å²) in [6, 6.07) is 11.4. The number of hydrogen-bond donors (Lipinski definition) is 1. The third-order valence-corrected chi connectivity index (χ3v) is 4.66. The highest BCUT2D eigenvalue weighted by Gasteiger charge is 2.16. The second-order valence-corrected chi connectivity index (χ2v) is 6.56. The Morgan fingerprint density at radius 1 is 1.07 bits per heavy atom. The molecule has 1 atom stereocenters. The molecule has 1 N–H and O–H groups in total. The van der Waals surface area contributed by atoms with Crippen LogP contribution in [0.3, 0.4) is 0 Å². The number of carbonyl (C=O) groups is 1. The van der Waals surface area contributed by atoms with Crippen molar-refractivity contribution in [2.45, 2.75) is 19.4 Å². The van der Waals surface area contributed by atoms with Gasteiger partial charge in [0.05, 0.1) is 40.1 Å². The number of carbonyl (C=O) groups excluding carboxylic acids is 1. The van der Waals surface area contributed by atoms with Crippen LogP contribution in [-0.2, 0) is 11.2 Å². The number of ether oxygens (including phenoxy) is 3. The van der Waals surface area contributed by atoms with E-state index in [0.29, 0.717) is 17.2 Å². The molecule has 0 saturated carbocycles. The molecule has 0 radical (unpaired) electrons. The molecule has 0 fully saturated rings. The maximum atomic E-state index is 12.6. The third kappa shape index (κ3) is 4.68. The van der Waals surface area contributed by atoms with Crippen molar-refractivity contribution in [1.82, 2.24) is 14.9 Å². The van der Waals surface area contributed by atoms with E-state index in [1.54, 1.807) is 46.0 Å². The number of amides is 1. The van der Waals surface area contributed by atoms with Gasteiger partial charge in [0.1, 0.15) is 0 Å². The normalized spacial score (nSPS) is 11.6. The van der Waals surface area contributed by atoms with Gasteiger partial charge in [0, 0.05) is 18.1 Å². The molecule has 1 heterocycles. The molecular formula is C22H25N3O4. The minimum Gasteiger partial charge on any atom is -0.493 e. The summed E-state index contributed by atoms with van der Waals surface area (Å²) < 4.78 is 17.9. The maximum absolute atomic E-state index is 12.6. The first-order valence-corrected chi connectivity index (χ1v) is 9.22. The van der Waals surface area contributed by atoms with E-state index in [4.69, 9.17) is 14.2 Å². The minimum absolute atomic E-state index is 0.0922. The summed E-state index contributed by atoms with van der Waals surface area (Å²) in [5.74, 6) is 1.46. The highest BCUT2D eigenvalue weighted by Crippen LogP contribution is 2.38. The Hall–Kier alpha value is -3.48. The monoisotopic (exact) mass is 395 g/mol. The van der Waals surface area contributed by atoms with E-state index >= 15 is 0 Å². The zero-order valence-corrected chi connectivity index (χ0v) is 17.0. The predicted molar refractivity (Wildman–Crippen MR) is 110 cm³/mol. The maximum Gasteiger partial charge on any atom is 0.224 e. The predicted octanol–water partition coefficient (Wildman–Crippen LogP) is 3.32. The van der Waals surface area contributed by atoms with Gasteiger partial charge >= 0.3 is 0 Å². The van der Waals surface area contributed by atoms with Gasteiger partial charge in [-0.05, 0) is 42.3 Å². The fraction of sp³-hybridized carbons (Fsp3) is 0.273. The van der Waals surface area contributed by atoms with Crippen molar-refractivity contribution in [1.29, 1.82) is 0 Å². The van der Waals surface area contributed by atoms with Crippen molar-refractivity contribution in [3.05, 3.63) is 66.2 Å². The molecule has 0 aliphatic carbocycles. The van der Waals surface area contributed by atoms with Gasteiger partial charge in [-0.3, -0.25) is 4.79 Å². The summed E-state index contributed by atoms with van der Waals surface area (Å²) in [6.07, 6.45) is 5.57. The van der Waals surface area contributed by atoms with E-state index in [1.807, 2.05) is 42.0 Å². The SMILES string of the molecule is COc1cc(CC(=O)N[C@H](C)c2ccc(-n3ccnc3)cc2)cc(OC)c1OC. The van der Waals surface area contributed by atoms with Crippen molar-refractivity contribution in [3.8, 4) is 22.9 Å². The lowest BCUT2D eigenvalue weighted by molar-refractivity contribution is -0.121. The molecule has 0 spiro atoms. The summed E-state index contributed by atoms with van der Waals surface area (Å²) >= 11 is 0. The van der Waals surface area contributed by atoms with E-state index in [0.717, 1.165) is 16.8 Å². The molecule has 0 aliphatic rings. The topological polar surface area (TPSA) is 74.6 Å².